The summed E-state index contributed by atoms with van der Waals surface area (Å²) in [7, 11) is 0. The number of carbonyl (C=O) groups is 1. The van der Waals surface area contributed by atoms with Gasteiger partial charge < -0.3 is 0 Å². The molecule has 1 rings (SSSR count). The molecule has 0 N–H and O–H groups in total. The minimum absolute atomic E-state index is 0.750. The van der Waals surface area contributed by atoms with Gasteiger partial charge in [-0.2, -0.15) is 0 Å². The normalized spacial score (nSPS) is 10.3. The van der Waals surface area contributed by atoms with E-state index in [-0.39, 0.29) is 0 Å². The molecule has 2 heteroatoms. The zero-order valence-electron chi connectivity index (χ0n) is 5.90. The third-order valence-corrected chi connectivity index (χ3v) is 1.70. The summed E-state index contributed by atoms with van der Waals surface area (Å²) in [6, 6.07) is 7.60. The van der Waals surface area contributed by atoms with Gasteiger partial charge in [0.05, 0.1) is 0 Å². The van der Waals surface area contributed by atoms with Crippen molar-refractivity contribution in [3.63, 3.8) is 0 Å². The lowest BCUT2D eigenvalue weighted by Crippen LogP contribution is -1.73. The molecule has 0 heterocycles. The highest BCUT2D eigenvalue weighted by atomic mass is 32.1. The highest BCUT2D eigenvalue weighted by Gasteiger charge is 1.89. The fourth-order valence-electron chi connectivity index (χ4n) is 0.771. The van der Waals surface area contributed by atoms with Crippen LogP contribution in [0.1, 0.15) is 5.56 Å². The molecule has 0 aliphatic carbocycles. The lowest BCUT2D eigenvalue weighted by atomic mass is 10.2. The Morgan fingerprint density at radius 1 is 1.27 bits per heavy atom. The van der Waals surface area contributed by atoms with Crippen molar-refractivity contribution in [1.82, 2.24) is 0 Å². The average Bonchev–Trinajstić information content (AvgIpc) is 2.03. The van der Waals surface area contributed by atoms with Gasteiger partial charge in [-0.1, -0.05) is 24.3 Å². The highest BCUT2D eigenvalue weighted by molar-refractivity contribution is 7.80. The van der Waals surface area contributed by atoms with E-state index in [1.54, 1.807) is 6.08 Å². The molecule has 0 aliphatic heterocycles. The van der Waals surface area contributed by atoms with E-state index < -0.39 is 0 Å². The second-order valence-electron chi connectivity index (χ2n) is 2.05. The molecule has 0 amide bonds. The zero-order chi connectivity index (χ0) is 8.10. The predicted molar refractivity (Wildman–Crippen MR) is 48.8 cm³/mol. The number of allylic oxidation sites excluding steroid dienone is 1. The zero-order valence-corrected chi connectivity index (χ0v) is 6.79. The summed E-state index contributed by atoms with van der Waals surface area (Å²) in [6.45, 7) is 0. The predicted octanol–water partition coefficient (Wildman–Crippen LogP) is 2.19. The smallest absolute Gasteiger partial charge is 0.142 e. The first kappa shape index (κ1) is 8.08. The minimum Gasteiger partial charge on any atom is -0.299 e. The standard InChI is InChI=1S/C9H8OS/c10-7-3-5-8-4-1-2-6-9(8)11/h1-7,11H/b5-3-. The molecule has 0 aliphatic rings. The molecule has 0 bridgehead atoms. The van der Waals surface area contributed by atoms with Crippen LogP contribution in [0.5, 0.6) is 0 Å². The monoisotopic (exact) mass is 164 g/mol. The number of carbonyl (C=O) groups excluding carboxylic acids is 1. The topological polar surface area (TPSA) is 17.1 Å². The maximum Gasteiger partial charge on any atom is 0.142 e. The fourth-order valence-corrected chi connectivity index (χ4v) is 1.01. The van der Waals surface area contributed by atoms with Gasteiger partial charge in [-0.25, -0.2) is 0 Å². The Balaban J connectivity index is 2.94. The average molecular weight is 164 g/mol. The quantitative estimate of drug-likeness (QED) is 0.403. The Bertz CT molecular complexity index is 279. The molecule has 11 heavy (non-hydrogen) atoms. The van der Waals surface area contributed by atoms with Gasteiger partial charge in [0, 0.05) is 4.90 Å². The summed E-state index contributed by atoms with van der Waals surface area (Å²) < 4.78 is 0. The number of hydrogen-bond acceptors (Lipinski definition) is 2. The van der Waals surface area contributed by atoms with Crippen molar-refractivity contribution in [3.8, 4) is 0 Å². The van der Waals surface area contributed by atoms with E-state index in [2.05, 4.69) is 12.6 Å². The van der Waals surface area contributed by atoms with Crippen LogP contribution in [0.25, 0.3) is 6.08 Å². The van der Waals surface area contributed by atoms with Gasteiger partial charge in [-0.05, 0) is 17.7 Å². The van der Waals surface area contributed by atoms with Crippen molar-refractivity contribution < 1.29 is 4.79 Å². The van der Waals surface area contributed by atoms with E-state index in [0.29, 0.717) is 0 Å². The Morgan fingerprint density at radius 3 is 2.64 bits per heavy atom. The molecule has 1 nitrogen and oxygen atoms in total. The van der Waals surface area contributed by atoms with Crippen LogP contribution in [0.3, 0.4) is 0 Å². The lowest BCUT2D eigenvalue weighted by Gasteiger charge is -1.95. The highest BCUT2D eigenvalue weighted by Crippen LogP contribution is 2.13. The fraction of sp³-hybridized carbons (Fsp3) is 0. The molecule has 0 atom stereocenters. The largest absolute Gasteiger partial charge is 0.299 e. The molecule has 0 unspecified atom stereocenters. The molecular formula is C9H8OS. The van der Waals surface area contributed by atoms with Crippen molar-refractivity contribution in [1.29, 1.82) is 0 Å². The first-order valence-electron chi connectivity index (χ1n) is 3.24. The van der Waals surface area contributed by atoms with Crippen molar-refractivity contribution in [3.05, 3.63) is 35.9 Å². The van der Waals surface area contributed by atoms with Crippen LogP contribution < -0.4 is 0 Å². The third-order valence-electron chi connectivity index (χ3n) is 1.29. The number of benzene rings is 1. The summed E-state index contributed by atoms with van der Waals surface area (Å²) in [5.41, 5.74) is 0.961. The molecule has 1 aromatic rings. The Hall–Kier alpha value is -1.02. The summed E-state index contributed by atoms with van der Waals surface area (Å²) in [5.74, 6) is 0. The Morgan fingerprint density at radius 2 is 2.00 bits per heavy atom. The Kier molecular flexibility index (Phi) is 2.93. The minimum atomic E-state index is 0.750. The van der Waals surface area contributed by atoms with Crippen LogP contribution in [0, 0.1) is 0 Å². The van der Waals surface area contributed by atoms with Crippen LogP contribution in [-0.4, -0.2) is 6.29 Å². The van der Waals surface area contributed by atoms with Gasteiger partial charge in [0.2, 0.25) is 0 Å². The van der Waals surface area contributed by atoms with Crippen molar-refractivity contribution in [2.75, 3.05) is 0 Å². The number of rotatable bonds is 2. The molecule has 0 radical (unpaired) electrons. The molecule has 1 aromatic carbocycles. The molecule has 0 fully saturated rings. The molecule has 56 valence electrons. The third kappa shape index (κ3) is 2.24. The molecular weight excluding hydrogens is 156 g/mol. The van der Waals surface area contributed by atoms with Gasteiger partial charge in [0.1, 0.15) is 6.29 Å². The van der Waals surface area contributed by atoms with Crippen molar-refractivity contribution in [2.24, 2.45) is 0 Å². The second-order valence-corrected chi connectivity index (χ2v) is 2.54. The van der Waals surface area contributed by atoms with Crippen molar-refractivity contribution >= 4 is 25.0 Å². The maximum atomic E-state index is 9.98. The number of hydrogen-bond donors (Lipinski definition) is 1. The van der Waals surface area contributed by atoms with Crippen LogP contribution >= 0.6 is 12.6 Å². The summed E-state index contributed by atoms with van der Waals surface area (Å²) in [4.78, 5) is 10.9. The van der Waals surface area contributed by atoms with E-state index in [9.17, 15) is 4.79 Å². The summed E-state index contributed by atoms with van der Waals surface area (Å²) in [6.07, 6.45) is 3.94. The van der Waals surface area contributed by atoms with Gasteiger partial charge in [0.15, 0.2) is 0 Å². The molecule has 0 saturated heterocycles. The van der Waals surface area contributed by atoms with Gasteiger partial charge in [0.25, 0.3) is 0 Å². The van der Waals surface area contributed by atoms with Crippen LogP contribution in [0.15, 0.2) is 35.2 Å². The van der Waals surface area contributed by atoms with Crippen LogP contribution in [-0.2, 0) is 4.79 Å². The number of aldehydes is 1. The number of thiol groups is 1. The maximum absolute atomic E-state index is 9.98. The lowest BCUT2D eigenvalue weighted by molar-refractivity contribution is -0.104. The molecule has 0 spiro atoms. The SMILES string of the molecule is O=C/C=C\c1ccccc1S. The van der Waals surface area contributed by atoms with Crippen LogP contribution in [0.2, 0.25) is 0 Å². The van der Waals surface area contributed by atoms with Crippen LogP contribution in [0.4, 0.5) is 0 Å². The van der Waals surface area contributed by atoms with Gasteiger partial charge >= 0.3 is 0 Å². The van der Waals surface area contributed by atoms with E-state index >= 15 is 0 Å². The van der Waals surface area contributed by atoms with Gasteiger partial charge in [-0.3, -0.25) is 4.79 Å². The molecule has 0 aromatic heterocycles. The van der Waals surface area contributed by atoms with Crippen molar-refractivity contribution in [2.45, 2.75) is 4.90 Å². The summed E-state index contributed by atoms with van der Waals surface area (Å²) >= 11 is 4.20. The van der Waals surface area contributed by atoms with E-state index in [4.69, 9.17) is 0 Å². The second kappa shape index (κ2) is 3.98. The van der Waals surface area contributed by atoms with E-state index in [1.165, 1.54) is 6.08 Å². The Labute approximate surface area is 71.2 Å². The first-order chi connectivity index (χ1) is 5.34. The van der Waals surface area contributed by atoms with E-state index in [0.717, 1.165) is 16.7 Å². The molecule has 0 saturated carbocycles. The van der Waals surface area contributed by atoms with Gasteiger partial charge in [-0.15, -0.1) is 12.6 Å². The summed E-state index contributed by atoms with van der Waals surface area (Å²) in [5, 5.41) is 0. The van der Waals surface area contributed by atoms with E-state index in [1.807, 2.05) is 24.3 Å². The first-order valence-corrected chi connectivity index (χ1v) is 3.69.